The number of cyclic esters (lactones) is 1. The molecular formula is C15H28O2. The van der Waals surface area contributed by atoms with Crippen LogP contribution in [0.4, 0.5) is 0 Å². The first-order chi connectivity index (χ1) is 8.33. The SMILES string of the molecule is CCCCCCC1CCCCCCCC(=O)O1. The Balaban J connectivity index is 2.24. The monoisotopic (exact) mass is 240 g/mol. The number of esters is 1. The predicted molar refractivity (Wildman–Crippen MR) is 71.0 cm³/mol. The maximum atomic E-state index is 11.6. The summed E-state index contributed by atoms with van der Waals surface area (Å²) in [6.07, 6.45) is 14.1. The number of unbranched alkanes of at least 4 members (excludes halogenated alkanes) is 3. The van der Waals surface area contributed by atoms with E-state index in [-0.39, 0.29) is 12.1 Å². The van der Waals surface area contributed by atoms with Crippen molar-refractivity contribution in [2.24, 2.45) is 0 Å². The minimum absolute atomic E-state index is 0.0346. The van der Waals surface area contributed by atoms with Crippen molar-refractivity contribution < 1.29 is 9.53 Å². The molecule has 0 spiro atoms. The quantitative estimate of drug-likeness (QED) is 0.518. The Morgan fingerprint density at radius 3 is 2.65 bits per heavy atom. The van der Waals surface area contributed by atoms with E-state index in [9.17, 15) is 4.79 Å². The van der Waals surface area contributed by atoms with Crippen LogP contribution in [0.25, 0.3) is 0 Å². The number of rotatable bonds is 5. The van der Waals surface area contributed by atoms with Crippen LogP contribution < -0.4 is 0 Å². The van der Waals surface area contributed by atoms with E-state index in [4.69, 9.17) is 4.74 Å². The Kier molecular flexibility index (Phi) is 8.12. The first kappa shape index (κ1) is 14.5. The van der Waals surface area contributed by atoms with Crippen LogP contribution in [0, 0.1) is 0 Å². The summed E-state index contributed by atoms with van der Waals surface area (Å²) in [6, 6.07) is 0. The van der Waals surface area contributed by atoms with Crippen molar-refractivity contribution in [3.63, 3.8) is 0 Å². The number of hydrogen-bond donors (Lipinski definition) is 0. The van der Waals surface area contributed by atoms with E-state index in [0.717, 1.165) is 19.3 Å². The number of ether oxygens (including phenoxy) is 1. The minimum Gasteiger partial charge on any atom is -0.462 e. The number of hydrogen-bond acceptors (Lipinski definition) is 2. The second-order valence-corrected chi connectivity index (χ2v) is 5.27. The van der Waals surface area contributed by atoms with Crippen LogP contribution in [-0.2, 0) is 9.53 Å². The Labute approximate surface area is 106 Å². The molecular weight excluding hydrogens is 212 g/mol. The van der Waals surface area contributed by atoms with Gasteiger partial charge < -0.3 is 4.74 Å². The fraction of sp³-hybridized carbons (Fsp3) is 0.933. The van der Waals surface area contributed by atoms with Crippen molar-refractivity contribution in [2.45, 2.75) is 90.1 Å². The van der Waals surface area contributed by atoms with Gasteiger partial charge in [0.1, 0.15) is 6.10 Å². The molecule has 100 valence electrons. The van der Waals surface area contributed by atoms with E-state index in [1.807, 2.05) is 0 Å². The van der Waals surface area contributed by atoms with Crippen LogP contribution in [0.3, 0.4) is 0 Å². The molecule has 0 aromatic heterocycles. The van der Waals surface area contributed by atoms with E-state index in [2.05, 4.69) is 6.92 Å². The maximum Gasteiger partial charge on any atom is 0.306 e. The van der Waals surface area contributed by atoms with E-state index in [1.54, 1.807) is 0 Å². The second-order valence-electron chi connectivity index (χ2n) is 5.27. The summed E-state index contributed by atoms with van der Waals surface area (Å²) in [5.41, 5.74) is 0. The summed E-state index contributed by atoms with van der Waals surface area (Å²) in [7, 11) is 0. The molecule has 1 atom stereocenters. The summed E-state index contributed by atoms with van der Waals surface area (Å²) in [6.45, 7) is 2.23. The molecule has 1 fully saturated rings. The van der Waals surface area contributed by atoms with E-state index in [0.29, 0.717) is 6.42 Å². The molecule has 0 N–H and O–H groups in total. The zero-order chi connectivity index (χ0) is 12.3. The molecule has 0 aliphatic carbocycles. The van der Waals surface area contributed by atoms with Crippen LogP contribution in [0.5, 0.6) is 0 Å². The van der Waals surface area contributed by atoms with Crippen LogP contribution in [-0.4, -0.2) is 12.1 Å². The Hall–Kier alpha value is -0.530. The number of carbonyl (C=O) groups is 1. The fourth-order valence-electron chi connectivity index (χ4n) is 2.48. The van der Waals surface area contributed by atoms with Crippen molar-refractivity contribution in [1.82, 2.24) is 0 Å². The average Bonchev–Trinajstić information content (AvgIpc) is 2.33. The third-order valence-corrected chi connectivity index (χ3v) is 3.58. The molecule has 1 heterocycles. The number of carbonyl (C=O) groups excluding carboxylic acids is 1. The van der Waals surface area contributed by atoms with E-state index < -0.39 is 0 Å². The molecule has 2 nitrogen and oxygen atoms in total. The van der Waals surface area contributed by atoms with Crippen molar-refractivity contribution in [3.05, 3.63) is 0 Å². The Morgan fingerprint density at radius 2 is 1.82 bits per heavy atom. The summed E-state index contributed by atoms with van der Waals surface area (Å²) in [5, 5.41) is 0. The highest BCUT2D eigenvalue weighted by Crippen LogP contribution is 2.18. The molecule has 1 rings (SSSR count). The summed E-state index contributed by atoms with van der Waals surface area (Å²) in [4.78, 5) is 11.6. The van der Waals surface area contributed by atoms with Gasteiger partial charge in [-0.1, -0.05) is 45.4 Å². The molecule has 1 unspecified atom stereocenters. The van der Waals surface area contributed by atoms with Gasteiger partial charge in [0.15, 0.2) is 0 Å². The topological polar surface area (TPSA) is 26.3 Å². The van der Waals surface area contributed by atoms with Gasteiger partial charge in [0.25, 0.3) is 0 Å². The lowest BCUT2D eigenvalue weighted by molar-refractivity contribution is -0.150. The van der Waals surface area contributed by atoms with Crippen LogP contribution >= 0.6 is 0 Å². The molecule has 0 amide bonds. The maximum absolute atomic E-state index is 11.6. The Bertz CT molecular complexity index is 201. The molecule has 0 saturated carbocycles. The van der Waals surface area contributed by atoms with Gasteiger partial charge in [0.05, 0.1) is 0 Å². The molecule has 0 aromatic rings. The van der Waals surface area contributed by atoms with Gasteiger partial charge in [-0.2, -0.15) is 0 Å². The molecule has 2 heteroatoms. The lowest BCUT2D eigenvalue weighted by Gasteiger charge is -2.19. The zero-order valence-electron chi connectivity index (χ0n) is 11.4. The second kappa shape index (κ2) is 9.49. The van der Waals surface area contributed by atoms with Gasteiger partial charge in [-0.25, -0.2) is 0 Å². The highest BCUT2D eigenvalue weighted by atomic mass is 16.5. The Morgan fingerprint density at radius 1 is 1.06 bits per heavy atom. The standard InChI is InChI=1S/C15H28O2/c1-2-3-4-8-11-14-12-9-6-5-7-10-13-15(16)17-14/h14H,2-13H2,1H3. The largest absolute Gasteiger partial charge is 0.462 e. The third-order valence-electron chi connectivity index (χ3n) is 3.58. The lowest BCUT2D eigenvalue weighted by Crippen LogP contribution is -2.19. The summed E-state index contributed by atoms with van der Waals surface area (Å²) < 4.78 is 5.57. The van der Waals surface area contributed by atoms with Gasteiger partial charge in [0, 0.05) is 6.42 Å². The molecule has 17 heavy (non-hydrogen) atoms. The molecule has 0 bridgehead atoms. The first-order valence-corrected chi connectivity index (χ1v) is 7.52. The van der Waals surface area contributed by atoms with Crippen molar-refractivity contribution >= 4 is 5.97 Å². The summed E-state index contributed by atoms with van der Waals surface area (Å²) in [5.74, 6) is 0.0346. The first-order valence-electron chi connectivity index (χ1n) is 7.52. The highest BCUT2D eigenvalue weighted by molar-refractivity contribution is 5.69. The van der Waals surface area contributed by atoms with Gasteiger partial charge in [-0.15, -0.1) is 0 Å². The lowest BCUT2D eigenvalue weighted by atomic mass is 10.0. The van der Waals surface area contributed by atoms with Crippen molar-refractivity contribution in [1.29, 1.82) is 0 Å². The van der Waals surface area contributed by atoms with Crippen LogP contribution in [0.2, 0.25) is 0 Å². The molecule has 1 saturated heterocycles. The van der Waals surface area contributed by atoms with Gasteiger partial charge in [-0.3, -0.25) is 4.79 Å². The van der Waals surface area contributed by atoms with E-state index in [1.165, 1.54) is 51.4 Å². The normalized spacial score (nSPS) is 23.1. The molecule has 0 radical (unpaired) electrons. The van der Waals surface area contributed by atoms with Gasteiger partial charge in [0.2, 0.25) is 0 Å². The van der Waals surface area contributed by atoms with E-state index >= 15 is 0 Å². The fourth-order valence-corrected chi connectivity index (χ4v) is 2.48. The van der Waals surface area contributed by atoms with Crippen LogP contribution in [0.15, 0.2) is 0 Å². The zero-order valence-corrected chi connectivity index (χ0v) is 11.4. The predicted octanol–water partition coefficient (Wildman–Crippen LogP) is 4.61. The van der Waals surface area contributed by atoms with Crippen molar-refractivity contribution in [3.8, 4) is 0 Å². The molecule has 1 aliphatic rings. The molecule has 1 aliphatic heterocycles. The smallest absolute Gasteiger partial charge is 0.306 e. The third kappa shape index (κ3) is 7.40. The average molecular weight is 240 g/mol. The van der Waals surface area contributed by atoms with Gasteiger partial charge >= 0.3 is 5.97 Å². The van der Waals surface area contributed by atoms with Gasteiger partial charge in [-0.05, 0) is 32.1 Å². The molecule has 0 aromatic carbocycles. The van der Waals surface area contributed by atoms with Crippen LogP contribution in [0.1, 0.15) is 84.0 Å². The van der Waals surface area contributed by atoms with Crippen molar-refractivity contribution in [2.75, 3.05) is 0 Å². The summed E-state index contributed by atoms with van der Waals surface area (Å²) >= 11 is 0. The minimum atomic E-state index is 0.0346. The highest BCUT2D eigenvalue weighted by Gasteiger charge is 2.15.